The van der Waals surface area contributed by atoms with Crippen molar-refractivity contribution in [2.45, 2.75) is 6.61 Å². The van der Waals surface area contributed by atoms with Gasteiger partial charge in [-0.05, 0) is 29.8 Å². The number of rotatable bonds is 3. The van der Waals surface area contributed by atoms with Crippen molar-refractivity contribution in [3.63, 3.8) is 0 Å². The number of hydrogen-bond donors (Lipinski definition) is 1. The highest BCUT2D eigenvalue weighted by Gasteiger charge is 2.20. The molecule has 5 heteroatoms. The zero-order chi connectivity index (χ0) is 13.1. The van der Waals surface area contributed by atoms with Gasteiger partial charge in [0.25, 0.3) is 0 Å². The zero-order valence-electron chi connectivity index (χ0n) is 10.1. The average Bonchev–Trinajstić information content (AvgIpc) is 2.88. The molecular weight excluding hydrogens is 244 g/mol. The van der Waals surface area contributed by atoms with Gasteiger partial charge < -0.3 is 14.7 Å². The summed E-state index contributed by atoms with van der Waals surface area (Å²) in [5, 5.41) is 12.0. The van der Waals surface area contributed by atoms with Crippen LogP contribution in [0.15, 0.2) is 47.9 Å². The highest BCUT2D eigenvalue weighted by molar-refractivity contribution is 6.05. The van der Waals surface area contributed by atoms with Gasteiger partial charge in [-0.3, -0.25) is 4.98 Å². The minimum atomic E-state index is 0.291. The number of aromatic nitrogens is 1. The lowest BCUT2D eigenvalue weighted by Crippen LogP contribution is -2.01. The fourth-order valence-corrected chi connectivity index (χ4v) is 1.90. The van der Waals surface area contributed by atoms with Crippen molar-refractivity contribution in [2.24, 2.45) is 5.16 Å². The van der Waals surface area contributed by atoms with E-state index in [1.165, 1.54) is 0 Å². The molecule has 1 aliphatic heterocycles. The molecule has 1 N–H and O–H groups in total. The molecule has 0 atom stereocenters. The van der Waals surface area contributed by atoms with Gasteiger partial charge in [0.15, 0.2) is 0 Å². The molecule has 1 aromatic carbocycles. The minimum absolute atomic E-state index is 0.291. The molecule has 0 saturated carbocycles. The SMILES string of the molecule is O/N=C1\COc2cc(OCc3ccncc3)ccc21. The van der Waals surface area contributed by atoms with Crippen molar-refractivity contribution in [2.75, 3.05) is 6.61 Å². The summed E-state index contributed by atoms with van der Waals surface area (Å²) in [7, 11) is 0. The molecule has 19 heavy (non-hydrogen) atoms. The third kappa shape index (κ3) is 2.35. The summed E-state index contributed by atoms with van der Waals surface area (Å²) >= 11 is 0. The summed E-state index contributed by atoms with van der Waals surface area (Å²) in [6.07, 6.45) is 3.46. The molecule has 96 valence electrons. The van der Waals surface area contributed by atoms with Crippen LogP contribution in [0.25, 0.3) is 0 Å². The van der Waals surface area contributed by atoms with Crippen LogP contribution in [0.1, 0.15) is 11.1 Å². The molecule has 5 nitrogen and oxygen atoms in total. The molecule has 1 aliphatic rings. The molecule has 0 spiro atoms. The third-order valence-electron chi connectivity index (χ3n) is 2.90. The van der Waals surface area contributed by atoms with Gasteiger partial charge in [-0.15, -0.1) is 0 Å². The molecule has 1 aromatic heterocycles. The van der Waals surface area contributed by atoms with Gasteiger partial charge in [-0.1, -0.05) is 5.16 Å². The molecule has 0 aliphatic carbocycles. The van der Waals surface area contributed by atoms with E-state index in [2.05, 4.69) is 10.1 Å². The fraction of sp³-hybridized carbons (Fsp3) is 0.143. The number of ether oxygens (including phenoxy) is 2. The summed E-state index contributed by atoms with van der Waals surface area (Å²) in [6.45, 7) is 0.766. The average molecular weight is 256 g/mol. The normalized spacial score (nSPS) is 15.1. The van der Waals surface area contributed by atoms with E-state index in [1.54, 1.807) is 18.5 Å². The van der Waals surface area contributed by atoms with E-state index in [4.69, 9.17) is 14.7 Å². The number of benzene rings is 1. The Morgan fingerprint density at radius 1 is 1.26 bits per heavy atom. The first-order chi connectivity index (χ1) is 9.36. The Balaban J connectivity index is 1.74. The number of nitrogens with zero attached hydrogens (tertiary/aromatic N) is 2. The second kappa shape index (κ2) is 4.97. The Morgan fingerprint density at radius 3 is 2.89 bits per heavy atom. The monoisotopic (exact) mass is 256 g/mol. The maximum absolute atomic E-state index is 8.80. The molecule has 0 radical (unpaired) electrons. The molecule has 0 unspecified atom stereocenters. The number of hydrogen-bond acceptors (Lipinski definition) is 5. The van der Waals surface area contributed by atoms with Gasteiger partial charge in [-0.2, -0.15) is 0 Å². The first-order valence-corrected chi connectivity index (χ1v) is 5.86. The molecule has 0 saturated heterocycles. The van der Waals surface area contributed by atoms with Crippen LogP contribution in [0.3, 0.4) is 0 Å². The van der Waals surface area contributed by atoms with Gasteiger partial charge in [-0.25, -0.2) is 0 Å². The molecule has 0 bridgehead atoms. The molecular formula is C14H12N2O3. The van der Waals surface area contributed by atoms with Crippen LogP contribution in [0.2, 0.25) is 0 Å². The van der Waals surface area contributed by atoms with Crippen LogP contribution >= 0.6 is 0 Å². The summed E-state index contributed by atoms with van der Waals surface area (Å²) in [4.78, 5) is 3.95. The number of oxime groups is 1. The van der Waals surface area contributed by atoms with E-state index in [1.807, 2.05) is 24.3 Å². The summed E-state index contributed by atoms with van der Waals surface area (Å²) in [5.74, 6) is 1.40. The van der Waals surface area contributed by atoms with Crippen molar-refractivity contribution in [3.8, 4) is 11.5 Å². The van der Waals surface area contributed by atoms with Crippen molar-refractivity contribution in [1.29, 1.82) is 0 Å². The number of fused-ring (bicyclic) bond motifs is 1. The van der Waals surface area contributed by atoms with Crippen molar-refractivity contribution >= 4 is 5.71 Å². The van der Waals surface area contributed by atoms with Crippen LogP contribution in [0.5, 0.6) is 11.5 Å². The van der Waals surface area contributed by atoms with Crippen molar-refractivity contribution in [1.82, 2.24) is 4.98 Å². The summed E-state index contributed by atoms with van der Waals surface area (Å²) < 4.78 is 11.1. The fourth-order valence-electron chi connectivity index (χ4n) is 1.90. The van der Waals surface area contributed by atoms with Crippen molar-refractivity contribution < 1.29 is 14.7 Å². The molecule has 2 aromatic rings. The van der Waals surface area contributed by atoms with E-state index in [-0.39, 0.29) is 0 Å². The lowest BCUT2D eigenvalue weighted by atomic mass is 10.1. The van der Waals surface area contributed by atoms with Gasteiger partial charge in [0.1, 0.15) is 30.4 Å². The quantitative estimate of drug-likeness (QED) is 0.675. The maximum atomic E-state index is 8.80. The molecule has 2 heterocycles. The van der Waals surface area contributed by atoms with Gasteiger partial charge in [0.2, 0.25) is 0 Å². The standard InChI is InChI=1S/C14H12N2O3/c17-16-13-9-19-14-7-11(1-2-12(13)14)18-8-10-3-5-15-6-4-10/h1-7,17H,8-9H2/b16-13+. The van der Waals surface area contributed by atoms with Gasteiger partial charge in [0.05, 0.1) is 0 Å². The van der Waals surface area contributed by atoms with Crippen LogP contribution in [0, 0.1) is 0 Å². The second-order valence-corrected chi connectivity index (χ2v) is 4.14. The predicted octanol–water partition coefficient (Wildman–Crippen LogP) is 2.23. The van der Waals surface area contributed by atoms with E-state index >= 15 is 0 Å². The predicted molar refractivity (Wildman–Crippen MR) is 68.8 cm³/mol. The van der Waals surface area contributed by atoms with Gasteiger partial charge in [0, 0.05) is 24.0 Å². The number of pyridine rings is 1. The Hall–Kier alpha value is -2.56. The Kier molecular flexibility index (Phi) is 3.02. The maximum Gasteiger partial charge on any atom is 0.134 e. The highest BCUT2D eigenvalue weighted by atomic mass is 16.5. The van der Waals surface area contributed by atoms with Crippen LogP contribution in [0.4, 0.5) is 0 Å². The summed E-state index contributed by atoms with van der Waals surface area (Å²) in [5.41, 5.74) is 2.39. The summed E-state index contributed by atoms with van der Waals surface area (Å²) in [6, 6.07) is 9.27. The van der Waals surface area contributed by atoms with E-state index in [0.29, 0.717) is 24.7 Å². The lowest BCUT2D eigenvalue weighted by molar-refractivity contribution is 0.302. The van der Waals surface area contributed by atoms with Crippen LogP contribution in [-0.4, -0.2) is 22.5 Å². The van der Waals surface area contributed by atoms with E-state index < -0.39 is 0 Å². The molecule has 0 fully saturated rings. The largest absolute Gasteiger partial charge is 0.489 e. The zero-order valence-corrected chi connectivity index (χ0v) is 10.1. The lowest BCUT2D eigenvalue weighted by Gasteiger charge is -2.07. The van der Waals surface area contributed by atoms with Crippen LogP contribution in [-0.2, 0) is 6.61 Å². The first kappa shape index (κ1) is 11.5. The van der Waals surface area contributed by atoms with E-state index in [0.717, 1.165) is 16.9 Å². The highest BCUT2D eigenvalue weighted by Crippen LogP contribution is 2.30. The Morgan fingerprint density at radius 2 is 2.11 bits per heavy atom. The van der Waals surface area contributed by atoms with Crippen LogP contribution < -0.4 is 9.47 Å². The van der Waals surface area contributed by atoms with Crippen molar-refractivity contribution in [3.05, 3.63) is 53.9 Å². The van der Waals surface area contributed by atoms with E-state index in [9.17, 15) is 0 Å². The molecule has 3 rings (SSSR count). The third-order valence-corrected chi connectivity index (χ3v) is 2.90. The molecule has 0 amide bonds. The second-order valence-electron chi connectivity index (χ2n) is 4.14. The first-order valence-electron chi connectivity index (χ1n) is 5.86. The Bertz CT molecular complexity index is 611. The smallest absolute Gasteiger partial charge is 0.134 e. The van der Waals surface area contributed by atoms with Gasteiger partial charge >= 0.3 is 0 Å². The Labute approximate surface area is 110 Å². The topological polar surface area (TPSA) is 63.9 Å². The minimum Gasteiger partial charge on any atom is -0.489 e.